The molecule has 0 spiro atoms. The fourth-order valence-electron chi connectivity index (χ4n) is 3.57. The van der Waals surface area contributed by atoms with Gasteiger partial charge in [0.05, 0.1) is 0 Å². The highest BCUT2D eigenvalue weighted by atomic mass is 32.2. The summed E-state index contributed by atoms with van der Waals surface area (Å²) in [5.74, 6) is 0.0825. The summed E-state index contributed by atoms with van der Waals surface area (Å²) < 4.78 is 1.91. The molecule has 3 aromatic rings. The molecule has 0 saturated heterocycles. The van der Waals surface area contributed by atoms with Crippen molar-refractivity contribution in [2.24, 2.45) is 7.05 Å². The molecule has 2 aromatic heterocycles. The van der Waals surface area contributed by atoms with E-state index >= 15 is 0 Å². The summed E-state index contributed by atoms with van der Waals surface area (Å²) in [6, 6.07) is 12.2. The smallest absolute Gasteiger partial charge is 0.191 e. The van der Waals surface area contributed by atoms with Gasteiger partial charge in [0.1, 0.15) is 12.0 Å². The number of nitrogens with zero attached hydrogens (tertiary/aromatic N) is 4. The van der Waals surface area contributed by atoms with Gasteiger partial charge in [-0.15, -0.1) is 10.2 Å². The van der Waals surface area contributed by atoms with Gasteiger partial charge in [-0.05, 0) is 55.4 Å². The van der Waals surface area contributed by atoms with Gasteiger partial charge in [0.15, 0.2) is 10.9 Å². The van der Waals surface area contributed by atoms with Gasteiger partial charge < -0.3 is 4.57 Å². The monoisotopic (exact) mass is 392 g/mol. The van der Waals surface area contributed by atoms with Gasteiger partial charge in [0, 0.05) is 24.4 Å². The number of hydrogen-bond donors (Lipinski definition) is 0. The van der Waals surface area contributed by atoms with Gasteiger partial charge >= 0.3 is 0 Å². The Labute approximate surface area is 169 Å². The first-order valence-corrected chi connectivity index (χ1v) is 10.6. The number of pyridine rings is 1. The van der Waals surface area contributed by atoms with Crippen LogP contribution >= 0.6 is 11.8 Å². The van der Waals surface area contributed by atoms with Crippen molar-refractivity contribution >= 4 is 17.5 Å². The Morgan fingerprint density at radius 1 is 1.21 bits per heavy atom. The maximum Gasteiger partial charge on any atom is 0.191 e. The summed E-state index contributed by atoms with van der Waals surface area (Å²) in [5.41, 5.74) is 5.20. The predicted molar refractivity (Wildman–Crippen MR) is 111 cm³/mol. The van der Waals surface area contributed by atoms with E-state index < -0.39 is 0 Å². The highest BCUT2D eigenvalue weighted by Crippen LogP contribution is 2.33. The zero-order valence-electron chi connectivity index (χ0n) is 16.3. The van der Waals surface area contributed by atoms with Crippen molar-refractivity contribution < 1.29 is 4.79 Å². The summed E-state index contributed by atoms with van der Waals surface area (Å²) in [6.07, 6.45) is 6.54. The van der Waals surface area contributed by atoms with Crippen molar-refractivity contribution in [1.29, 1.82) is 0 Å². The third-order valence-corrected chi connectivity index (χ3v) is 6.41. The van der Waals surface area contributed by atoms with Crippen molar-refractivity contribution in [2.75, 3.05) is 0 Å². The van der Waals surface area contributed by atoms with Crippen LogP contribution in [0.15, 0.2) is 47.9 Å². The summed E-state index contributed by atoms with van der Waals surface area (Å²) >= 11 is 1.66. The number of aryl methyl sites for hydroxylation is 3. The first-order chi connectivity index (χ1) is 13.6. The zero-order valence-corrected chi connectivity index (χ0v) is 17.1. The SMILES string of the molecule is CC(Sc1nncn1C)c1cccc(CC(=O)c2ccc3c(n2)CCCC3)c1. The summed E-state index contributed by atoms with van der Waals surface area (Å²) in [7, 11) is 1.94. The van der Waals surface area contributed by atoms with Gasteiger partial charge in [-0.2, -0.15) is 0 Å². The number of carbonyl (C=O) groups is 1. The molecule has 28 heavy (non-hydrogen) atoms. The number of rotatable bonds is 6. The minimum atomic E-state index is 0.0825. The van der Waals surface area contributed by atoms with E-state index in [0.29, 0.717) is 12.1 Å². The second-order valence-corrected chi connectivity index (χ2v) is 8.65. The second kappa shape index (κ2) is 8.27. The van der Waals surface area contributed by atoms with Gasteiger partial charge in [-0.25, -0.2) is 4.98 Å². The van der Waals surface area contributed by atoms with Crippen molar-refractivity contribution in [3.05, 3.63) is 70.8 Å². The van der Waals surface area contributed by atoms with E-state index in [-0.39, 0.29) is 11.0 Å². The molecule has 0 bridgehead atoms. The number of thioether (sulfide) groups is 1. The van der Waals surface area contributed by atoms with Crippen LogP contribution in [0.5, 0.6) is 0 Å². The maximum absolute atomic E-state index is 12.8. The third kappa shape index (κ3) is 4.17. The summed E-state index contributed by atoms with van der Waals surface area (Å²) in [5, 5.41) is 9.17. The first kappa shape index (κ1) is 18.9. The van der Waals surface area contributed by atoms with Crippen LogP contribution in [-0.4, -0.2) is 25.5 Å². The average Bonchev–Trinajstić information content (AvgIpc) is 3.12. The Morgan fingerprint density at radius 3 is 2.89 bits per heavy atom. The van der Waals surface area contributed by atoms with Crippen LogP contribution in [0.1, 0.15) is 57.9 Å². The van der Waals surface area contributed by atoms with Gasteiger partial charge in [0.2, 0.25) is 0 Å². The van der Waals surface area contributed by atoms with Gasteiger partial charge in [-0.1, -0.05) is 42.1 Å². The fraction of sp³-hybridized carbons (Fsp3) is 0.364. The van der Waals surface area contributed by atoms with Crippen molar-refractivity contribution in [2.45, 2.75) is 49.4 Å². The standard InChI is InChI=1S/C22H24N4OS/c1-15(28-22-25-23-14-26(22)2)18-8-5-6-16(12-18)13-21(27)20-11-10-17-7-3-4-9-19(17)24-20/h5-6,8,10-12,14-15H,3-4,7,9,13H2,1-2H3. The van der Waals surface area contributed by atoms with Crippen LogP contribution in [-0.2, 0) is 26.3 Å². The number of fused-ring (bicyclic) bond motifs is 1. The number of carbonyl (C=O) groups excluding carboxylic acids is 1. The first-order valence-electron chi connectivity index (χ1n) is 9.71. The number of ketones is 1. The molecular weight excluding hydrogens is 368 g/mol. The molecule has 2 heterocycles. The van der Waals surface area contributed by atoms with Crippen LogP contribution in [0.2, 0.25) is 0 Å². The van der Waals surface area contributed by atoms with Crippen LogP contribution in [0.25, 0.3) is 0 Å². The van der Waals surface area contributed by atoms with E-state index in [0.717, 1.165) is 29.3 Å². The molecule has 0 amide bonds. The molecule has 0 saturated carbocycles. The molecule has 1 atom stereocenters. The van der Waals surface area contributed by atoms with Crippen LogP contribution in [0.4, 0.5) is 0 Å². The lowest BCUT2D eigenvalue weighted by molar-refractivity contribution is 0.0988. The molecular formula is C22H24N4OS. The lowest BCUT2D eigenvalue weighted by Gasteiger charge is -2.15. The topological polar surface area (TPSA) is 60.7 Å². The van der Waals surface area contributed by atoms with E-state index in [9.17, 15) is 4.79 Å². The van der Waals surface area contributed by atoms with Crippen molar-refractivity contribution in [3.63, 3.8) is 0 Å². The molecule has 144 valence electrons. The molecule has 1 aromatic carbocycles. The summed E-state index contributed by atoms with van der Waals surface area (Å²) in [6.45, 7) is 2.14. The van der Waals surface area contributed by atoms with E-state index in [4.69, 9.17) is 0 Å². The average molecular weight is 393 g/mol. The molecule has 1 unspecified atom stereocenters. The van der Waals surface area contributed by atoms with E-state index in [1.165, 1.54) is 24.0 Å². The van der Waals surface area contributed by atoms with Crippen LogP contribution in [0.3, 0.4) is 0 Å². The quantitative estimate of drug-likeness (QED) is 0.460. The van der Waals surface area contributed by atoms with Crippen molar-refractivity contribution in [1.82, 2.24) is 19.7 Å². The largest absolute Gasteiger partial charge is 0.312 e. The Hall–Kier alpha value is -2.47. The maximum atomic E-state index is 12.8. The van der Waals surface area contributed by atoms with Gasteiger partial charge in [-0.3, -0.25) is 4.79 Å². The Balaban J connectivity index is 1.47. The lowest BCUT2D eigenvalue weighted by Crippen LogP contribution is -2.12. The highest BCUT2D eigenvalue weighted by Gasteiger charge is 2.16. The van der Waals surface area contributed by atoms with E-state index in [1.54, 1.807) is 18.1 Å². The molecule has 4 rings (SSSR count). The second-order valence-electron chi connectivity index (χ2n) is 7.34. The Kier molecular flexibility index (Phi) is 5.57. The molecule has 6 heteroatoms. The number of Topliss-reactive ketones (excluding diaryl/α,β-unsaturated/α-hetero) is 1. The number of hydrogen-bond acceptors (Lipinski definition) is 5. The minimum Gasteiger partial charge on any atom is -0.312 e. The molecule has 0 radical (unpaired) electrons. The minimum absolute atomic E-state index is 0.0825. The molecule has 1 aliphatic carbocycles. The molecule has 0 N–H and O–H groups in total. The fourth-order valence-corrected chi connectivity index (χ4v) is 4.48. The molecule has 0 fully saturated rings. The number of benzene rings is 1. The molecule has 0 aliphatic heterocycles. The van der Waals surface area contributed by atoms with E-state index in [2.05, 4.69) is 40.3 Å². The normalized spacial score (nSPS) is 14.5. The molecule has 5 nitrogen and oxygen atoms in total. The van der Waals surface area contributed by atoms with Crippen LogP contribution in [0, 0.1) is 0 Å². The third-order valence-electron chi connectivity index (χ3n) is 5.20. The highest BCUT2D eigenvalue weighted by molar-refractivity contribution is 7.99. The summed E-state index contributed by atoms with van der Waals surface area (Å²) in [4.78, 5) is 17.4. The Bertz CT molecular complexity index is 998. The molecule has 1 aliphatic rings. The van der Waals surface area contributed by atoms with Gasteiger partial charge in [0.25, 0.3) is 0 Å². The zero-order chi connectivity index (χ0) is 19.5. The van der Waals surface area contributed by atoms with E-state index in [1.807, 2.05) is 29.8 Å². The lowest BCUT2D eigenvalue weighted by atomic mass is 9.95. The van der Waals surface area contributed by atoms with Crippen molar-refractivity contribution in [3.8, 4) is 0 Å². The van der Waals surface area contributed by atoms with Crippen LogP contribution < -0.4 is 0 Å². The predicted octanol–water partition coefficient (Wildman–Crippen LogP) is 4.37. The number of aromatic nitrogens is 4. The Morgan fingerprint density at radius 2 is 2.07 bits per heavy atom.